The fraction of sp³-hybridized carbons (Fsp3) is 0.300. The predicted molar refractivity (Wildman–Crippen MR) is 108 cm³/mol. The first-order valence-electron chi connectivity index (χ1n) is 8.98. The summed E-state index contributed by atoms with van der Waals surface area (Å²) in [6.07, 6.45) is 1.18. The molecule has 2 aromatic rings. The van der Waals surface area contributed by atoms with Gasteiger partial charge in [0.25, 0.3) is 0 Å². The third kappa shape index (κ3) is 5.35. The van der Waals surface area contributed by atoms with E-state index < -0.39 is 16.0 Å². The minimum Gasteiger partial charge on any atom is -0.480 e. The standard InChI is InChI=1S/C20H21ClN2O5S/c1-23(12-20(25)26)19(24)9-13-2-3-14-10-17(11-15(14)8-13)22-29(27,28)18-6-4-16(21)5-7-18/h2-8,17,22H,9-12H2,1H3,(H,25,26). The predicted octanol–water partition coefficient (Wildman–Crippen LogP) is 1.87. The zero-order valence-electron chi connectivity index (χ0n) is 15.8. The summed E-state index contributed by atoms with van der Waals surface area (Å²) in [5.74, 6) is -1.35. The van der Waals surface area contributed by atoms with Crippen LogP contribution in [0.15, 0.2) is 47.4 Å². The van der Waals surface area contributed by atoms with Crippen LogP contribution in [0.25, 0.3) is 0 Å². The topological polar surface area (TPSA) is 104 Å². The summed E-state index contributed by atoms with van der Waals surface area (Å²) in [5.41, 5.74) is 2.79. The molecule has 0 fully saturated rings. The molecule has 3 rings (SSSR count). The number of carbonyl (C=O) groups excluding carboxylic acids is 1. The highest BCUT2D eigenvalue weighted by Crippen LogP contribution is 2.25. The van der Waals surface area contributed by atoms with Crippen molar-refractivity contribution >= 4 is 33.5 Å². The number of hydrogen-bond acceptors (Lipinski definition) is 4. The van der Waals surface area contributed by atoms with Crippen LogP contribution in [0.3, 0.4) is 0 Å². The molecule has 0 heterocycles. The van der Waals surface area contributed by atoms with Crippen molar-refractivity contribution in [3.63, 3.8) is 0 Å². The van der Waals surface area contributed by atoms with Gasteiger partial charge in [-0.05, 0) is 53.8 Å². The van der Waals surface area contributed by atoms with E-state index >= 15 is 0 Å². The average molecular weight is 437 g/mol. The van der Waals surface area contributed by atoms with E-state index in [1.165, 1.54) is 36.2 Å². The van der Waals surface area contributed by atoms with Gasteiger partial charge in [0.15, 0.2) is 0 Å². The second-order valence-electron chi connectivity index (χ2n) is 7.10. The van der Waals surface area contributed by atoms with Gasteiger partial charge in [-0.1, -0.05) is 29.8 Å². The van der Waals surface area contributed by atoms with Gasteiger partial charge in [-0.2, -0.15) is 0 Å². The van der Waals surface area contributed by atoms with Gasteiger partial charge in [-0.25, -0.2) is 13.1 Å². The van der Waals surface area contributed by atoms with Crippen LogP contribution in [0.1, 0.15) is 16.7 Å². The first-order chi connectivity index (χ1) is 13.6. The molecule has 29 heavy (non-hydrogen) atoms. The van der Waals surface area contributed by atoms with Crippen LogP contribution < -0.4 is 4.72 Å². The first-order valence-corrected chi connectivity index (χ1v) is 10.8. The van der Waals surface area contributed by atoms with Crippen LogP contribution in [0, 0.1) is 0 Å². The molecule has 9 heteroatoms. The Bertz CT molecular complexity index is 1040. The molecule has 0 aliphatic heterocycles. The minimum absolute atomic E-state index is 0.0955. The largest absolute Gasteiger partial charge is 0.480 e. The Morgan fingerprint density at radius 3 is 2.45 bits per heavy atom. The van der Waals surface area contributed by atoms with E-state index in [1.54, 1.807) is 0 Å². The van der Waals surface area contributed by atoms with Crippen molar-refractivity contribution in [3.8, 4) is 0 Å². The SMILES string of the molecule is CN(CC(=O)O)C(=O)Cc1ccc2c(c1)CC(NS(=O)(=O)c1ccc(Cl)cc1)C2. The van der Waals surface area contributed by atoms with Crippen LogP contribution in [0.2, 0.25) is 5.02 Å². The maximum Gasteiger partial charge on any atom is 0.323 e. The van der Waals surface area contributed by atoms with E-state index in [1.807, 2.05) is 18.2 Å². The van der Waals surface area contributed by atoms with Gasteiger partial charge in [-0.15, -0.1) is 0 Å². The normalized spacial score (nSPS) is 15.7. The fourth-order valence-electron chi connectivity index (χ4n) is 3.37. The van der Waals surface area contributed by atoms with Crippen molar-refractivity contribution in [1.82, 2.24) is 9.62 Å². The lowest BCUT2D eigenvalue weighted by Gasteiger charge is -2.14. The van der Waals surface area contributed by atoms with Crippen molar-refractivity contribution in [3.05, 3.63) is 64.2 Å². The fourth-order valence-corrected chi connectivity index (χ4v) is 4.73. The number of nitrogens with one attached hydrogen (secondary N) is 1. The van der Waals surface area contributed by atoms with E-state index in [9.17, 15) is 18.0 Å². The Kier molecular flexibility index (Phi) is 6.26. The molecular formula is C20H21ClN2O5S. The molecule has 0 aromatic heterocycles. The number of hydrogen-bond donors (Lipinski definition) is 2. The lowest BCUT2D eigenvalue weighted by atomic mass is 10.0. The second kappa shape index (κ2) is 8.52. The van der Waals surface area contributed by atoms with E-state index in [0.29, 0.717) is 17.9 Å². The molecule has 1 unspecified atom stereocenters. The lowest BCUT2D eigenvalue weighted by Crippen LogP contribution is -2.35. The van der Waals surface area contributed by atoms with Crippen LogP contribution in [-0.2, 0) is 38.9 Å². The smallest absolute Gasteiger partial charge is 0.323 e. The summed E-state index contributed by atoms with van der Waals surface area (Å²) in [5, 5.41) is 9.25. The molecule has 7 nitrogen and oxygen atoms in total. The van der Waals surface area contributed by atoms with Gasteiger partial charge >= 0.3 is 5.97 Å². The van der Waals surface area contributed by atoms with Crippen molar-refractivity contribution in [2.45, 2.75) is 30.2 Å². The number of amides is 1. The van der Waals surface area contributed by atoms with E-state index in [2.05, 4.69) is 4.72 Å². The number of likely N-dealkylation sites (N-methyl/N-ethyl adjacent to an activating group) is 1. The van der Waals surface area contributed by atoms with Crippen LogP contribution in [0.5, 0.6) is 0 Å². The molecule has 0 saturated carbocycles. The summed E-state index contributed by atoms with van der Waals surface area (Å²) < 4.78 is 27.9. The molecule has 2 aromatic carbocycles. The zero-order valence-corrected chi connectivity index (χ0v) is 17.3. The highest BCUT2D eigenvalue weighted by atomic mass is 35.5. The number of carboxylic acids is 1. The Morgan fingerprint density at radius 1 is 1.14 bits per heavy atom. The second-order valence-corrected chi connectivity index (χ2v) is 9.25. The molecular weight excluding hydrogens is 416 g/mol. The molecule has 2 N–H and O–H groups in total. The Morgan fingerprint density at radius 2 is 1.79 bits per heavy atom. The number of sulfonamides is 1. The van der Waals surface area contributed by atoms with Crippen LogP contribution in [0.4, 0.5) is 0 Å². The number of carbonyl (C=O) groups is 2. The highest BCUT2D eigenvalue weighted by Gasteiger charge is 2.27. The summed E-state index contributed by atoms with van der Waals surface area (Å²) in [4.78, 5) is 24.2. The Hall–Kier alpha value is -2.42. The number of benzene rings is 2. The van der Waals surface area contributed by atoms with Crippen LogP contribution >= 0.6 is 11.6 Å². The van der Waals surface area contributed by atoms with Gasteiger partial charge in [0.1, 0.15) is 6.54 Å². The zero-order chi connectivity index (χ0) is 21.2. The molecule has 0 saturated heterocycles. The molecule has 1 aliphatic rings. The number of carboxylic acid groups (broad SMARTS) is 1. The van der Waals surface area contributed by atoms with E-state index in [-0.39, 0.29) is 29.8 Å². The number of rotatable bonds is 7. The molecule has 0 bridgehead atoms. The van der Waals surface area contributed by atoms with E-state index in [0.717, 1.165) is 16.7 Å². The lowest BCUT2D eigenvalue weighted by molar-refractivity contribution is -0.143. The van der Waals surface area contributed by atoms with Crippen molar-refractivity contribution < 1.29 is 23.1 Å². The highest BCUT2D eigenvalue weighted by molar-refractivity contribution is 7.89. The molecule has 1 aliphatic carbocycles. The third-order valence-corrected chi connectivity index (χ3v) is 6.59. The molecule has 154 valence electrons. The molecule has 1 atom stereocenters. The maximum absolute atomic E-state index is 12.6. The maximum atomic E-state index is 12.6. The Balaban J connectivity index is 1.65. The summed E-state index contributed by atoms with van der Waals surface area (Å²) in [6, 6.07) is 11.3. The van der Waals surface area contributed by atoms with Crippen LogP contribution in [-0.4, -0.2) is 49.9 Å². The summed E-state index contributed by atoms with van der Waals surface area (Å²) >= 11 is 5.82. The number of halogens is 1. The summed E-state index contributed by atoms with van der Waals surface area (Å²) in [6.45, 7) is -0.349. The van der Waals surface area contributed by atoms with Gasteiger partial charge < -0.3 is 10.0 Å². The molecule has 0 spiro atoms. The van der Waals surface area contributed by atoms with Gasteiger partial charge in [0, 0.05) is 18.1 Å². The minimum atomic E-state index is -3.66. The molecule has 1 amide bonds. The Labute approximate surface area is 174 Å². The monoisotopic (exact) mass is 436 g/mol. The summed E-state index contributed by atoms with van der Waals surface area (Å²) in [7, 11) is -2.21. The van der Waals surface area contributed by atoms with E-state index in [4.69, 9.17) is 16.7 Å². The third-order valence-electron chi connectivity index (χ3n) is 4.80. The average Bonchev–Trinajstić information content (AvgIpc) is 3.02. The molecule has 0 radical (unpaired) electrons. The quantitative estimate of drug-likeness (QED) is 0.689. The van der Waals surface area contributed by atoms with Gasteiger partial charge in [-0.3, -0.25) is 9.59 Å². The van der Waals surface area contributed by atoms with Gasteiger partial charge in [0.05, 0.1) is 11.3 Å². The number of nitrogens with zero attached hydrogens (tertiary/aromatic N) is 1. The number of fused-ring (bicyclic) bond motifs is 1. The number of aliphatic carboxylic acids is 1. The van der Waals surface area contributed by atoms with Crippen molar-refractivity contribution in [2.75, 3.05) is 13.6 Å². The van der Waals surface area contributed by atoms with Crippen molar-refractivity contribution in [2.24, 2.45) is 0 Å². The van der Waals surface area contributed by atoms with Crippen molar-refractivity contribution in [1.29, 1.82) is 0 Å². The van der Waals surface area contributed by atoms with Gasteiger partial charge in [0.2, 0.25) is 15.9 Å². The first kappa shape index (κ1) is 21.3.